The molecule has 21 heavy (non-hydrogen) atoms. The van der Waals surface area contributed by atoms with Crippen LogP contribution in [0.4, 0.5) is 4.39 Å². The van der Waals surface area contributed by atoms with E-state index in [9.17, 15) is 4.39 Å². The van der Waals surface area contributed by atoms with Gasteiger partial charge in [0.05, 0.1) is 12.6 Å². The highest BCUT2D eigenvalue weighted by Crippen LogP contribution is 2.28. The average molecular weight is 303 g/mol. The number of hydrogen-bond acceptors (Lipinski definition) is 3. The van der Waals surface area contributed by atoms with E-state index in [1.165, 1.54) is 19.2 Å². The van der Waals surface area contributed by atoms with Crippen LogP contribution in [0.3, 0.4) is 0 Å². The minimum atomic E-state index is -0.409. The molecular weight excluding hydrogens is 291 g/mol. The van der Waals surface area contributed by atoms with Gasteiger partial charge in [-0.05, 0) is 36.8 Å². The first-order valence-corrected chi connectivity index (χ1v) is 6.73. The molecule has 0 fully saturated rings. The minimum Gasteiger partial charge on any atom is -0.497 e. The minimum absolute atomic E-state index is 0.346. The fourth-order valence-corrected chi connectivity index (χ4v) is 2.38. The van der Waals surface area contributed by atoms with E-state index in [0.717, 1.165) is 16.5 Å². The number of nitrogens with zero attached hydrogens (tertiary/aromatic N) is 2. The largest absolute Gasteiger partial charge is 0.497 e. The van der Waals surface area contributed by atoms with Crippen molar-refractivity contribution >= 4 is 22.5 Å². The van der Waals surface area contributed by atoms with E-state index in [0.29, 0.717) is 22.3 Å². The third-order valence-electron chi connectivity index (χ3n) is 3.17. The van der Waals surface area contributed by atoms with Crippen molar-refractivity contribution in [2.45, 2.75) is 6.92 Å². The van der Waals surface area contributed by atoms with Crippen molar-refractivity contribution in [1.29, 1.82) is 0 Å². The first kappa shape index (κ1) is 13.8. The number of fused-ring (bicyclic) bond motifs is 1. The van der Waals surface area contributed by atoms with E-state index in [1.54, 1.807) is 6.07 Å². The highest BCUT2D eigenvalue weighted by Gasteiger charge is 2.10. The number of ether oxygens (including phenoxy) is 1. The Kier molecular flexibility index (Phi) is 3.47. The molecule has 106 valence electrons. The molecule has 0 atom stereocenters. The fourth-order valence-electron chi connectivity index (χ4n) is 2.14. The summed E-state index contributed by atoms with van der Waals surface area (Å²) in [6.07, 6.45) is 0. The topological polar surface area (TPSA) is 35.0 Å². The molecule has 0 spiro atoms. The van der Waals surface area contributed by atoms with Gasteiger partial charge in [0.2, 0.25) is 0 Å². The summed E-state index contributed by atoms with van der Waals surface area (Å²) >= 11 is 6.20. The number of halogens is 2. The van der Waals surface area contributed by atoms with Crippen molar-refractivity contribution in [3.8, 4) is 17.1 Å². The molecule has 0 saturated heterocycles. The van der Waals surface area contributed by atoms with Gasteiger partial charge < -0.3 is 4.74 Å². The monoisotopic (exact) mass is 302 g/mol. The molecule has 1 heterocycles. The van der Waals surface area contributed by atoms with Gasteiger partial charge in [-0.3, -0.25) is 0 Å². The number of rotatable bonds is 2. The van der Waals surface area contributed by atoms with Crippen LogP contribution in [0.25, 0.3) is 22.3 Å². The summed E-state index contributed by atoms with van der Waals surface area (Å²) in [6.45, 7) is 1.97. The van der Waals surface area contributed by atoms with E-state index in [-0.39, 0.29) is 0 Å². The van der Waals surface area contributed by atoms with Gasteiger partial charge in [0.15, 0.2) is 5.82 Å². The van der Waals surface area contributed by atoms with Gasteiger partial charge in [-0.15, -0.1) is 0 Å². The Balaban J connectivity index is 2.23. The molecule has 0 radical (unpaired) electrons. The molecule has 3 rings (SSSR count). The van der Waals surface area contributed by atoms with Gasteiger partial charge in [0.1, 0.15) is 16.7 Å². The molecule has 0 saturated carbocycles. The molecule has 0 amide bonds. The first-order valence-electron chi connectivity index (χ1n) is 6.35. The van der Waals surface area contributed by atoms with Crippen LogP contribution in [-0.2, 0) is 0 Å². The Morgan fingerprint density at radius 2 is 1.90 bits per heavy atom. The number of aromatic nitrogens is 2. The van der Waals surface area contributed by atoms with E-state index in [1.807, 2.05) is 25.1 Å². The lowest BCUT2D eigenvalue weighted by Gasteiger charge is -2.07. The highest BCUT2D eigenvalue weighted by atomic mass is 35.5. The third-order valence-corrected chi connectivity index (χ3v) is 3.46. The van der Waals surface area contributed by atoms with Crippen LogP contribution in [0.2, 0.25) is 5.15 Å². The van der Waals surface area contributed by atoms with E-state index in [4.69, 9.17) is 16.3 Å². The maximum Gasteiger partial charge on any atom is 0.161 e. The lowest BCUT2D eigenvalue weighted by molar-refractivity contribution is 0.411. The second kappa shape index (κ2) is 5.30. The zero-order valence-electron chi connectivity index (χ0n) is 11.5. The quantitative estimate of drug-likeness (QED) is 0.658. The predicted molar refractivity (Wildman–Crippen MR) is 81.2 cm³/mol. The normalized spacial score (nSPS) is 10.9. The Morgan fingerprint density at radius 3 is 2.67 bits per heavy atom. The number of benzene rings is 2. The van der Waals surface area contributed by atoms with Gasteiger partial charge in [-0.1, -0.05) is 17.7 Å². The molecule has 3 aromatic rings. The van der Waals surface area contributed by atoms with Crippen LogP contribution >= 0.6 is 11.6 Å². The third kappa shape index (κ3) is 2.67. The maximum absolute atomic E-state index is 13.6. The van der Waals surface area contributed by atoms with Gasteiger partial charge in [0.25, 0.3) is 0 Å². The molecule has 2 aromatic carbocycles. The Morgan fingerprint density at radius 1 is 1.10 bits per heavy atom. The molecule has 0 aliphatic rings. The van der Waals surface area contributed by atoms with Crippen molar-refractivity contribution in [2.75, 3.05) is 7.11 Å². The smallest absolute Gasteiger partial charge is 0.161 e. The molecule has 0 aliphatic heterocycles. The van der Waals surface area contributed by atoms with Crippen LogP contribution < -0.4 is 4.74 Å². The molecule has 0 bridgehead atoms. The van der Waals surface area contributed by atoms with Gasteiger partial charge >= 0.3 is 0 Å². The summed E-state index contributed by atoms with van der Waals surface area (Å²) in [5.74, 6) is 0.373. The summed E-state index contributed by atoms with van der Waals surface area (Å²) in [5.41, 5.74) is 2.32. The molecule has 0 unspecified atom stereocenters. The lowest BCUT2D eigenvalue weighted by atomic mass is 10.1. The Bertz CT molecular complexity index is 836. The predicted octanol–water partition coefficient (Wildman–Crippen LogP) is 4.41. The van der Waals surface area contributed by atoms with E-state index in [2.05, 4.69) is 9.97 Å². The van der Waals surface area contributed by atoms with Crippen molar-refractivity contribution in [3.63, 3.8) is 0 Å². The standard InChI is InChI=1S/C16H12ClFN2O/c1-9-3-4-13-14(5-9)19-16(20-15(13)17)10-6-11(18)8-12(7-10)21-2/h3-8H,1-2H3. The van der Waals surface area contributed by atoms with Gasteiger partial charge in [-0.25, -0.2) is 14.4 Å². The molecule has 3 nitrogen and oxygen atoms in total. The molecule has 0 aliphatic carbocycles. The summed E-state index contributed by atoms with van der Waals surface area (Å²) in [6, 6.07) is 10.1. The molecular formula is C16H12ClFN2O. The van der Waals surface area contributed by atoms with Crippen LogP contribution in [0.5, 0.6) is 5.75 Å². The van der Waals surface area contributed by atoms with E-state index < -0.39 is 5.82 Å². The molecule has 0 N–H and O–H groups in total. The fraction of sp³-hybridized carbons (Fsp3) is 0.125. The van der Waals surface area contributed by atoms with Crippen molar-refractivity contribution < 1.29 is 9.13 Å². The number of hydrogen-bond donors (Lipinski definition) is 0. The number of aryl methyl sites for hydroxylation is 1. The second-order valence-electron chi connectivity index (χ2n) is 4.74. The Labute approximate surface area is 126 Å². The maximum atomic E-state index is 13.6. The van der Waals surface area contributed by atoms with Crippen LogP contribution in [-0.4, -0.2) is 17.1 Å². The van der Waals surface area contributed by atoms with Crippen LogP contribution in [0, 0.1) is 12.7 Å². The van der Waals surface area contributed by atoms with Crippen molar-refractivity contribution in [2.24, 2.45) is 0 Å². The number of methoxy groups -OCH3 is 1. The van der Waals surface area contributed by atoms with Crippen molar-refractivity contribution in [3.05, 3.63) is 52.9 Å². The van der Waals surface area contributed by atoms with E-state index >= 15 is 0 Å². The van der Waals surface area contributed by atoms with Crippen LogP contribution in [0.1, 0.15) is 5.56 Å². The summed E-state index contributed by atoms with van der Waals surface area (Å²) in [4.78, 5) is 8.72. The van der Waals surface area contributed by atoms with Crippen LogP contribution in [0.15, 0.2) is 36.4 Å². The summed E-state index contributed by atoms with van der Waals surface area (Å²) < 4.78 is 18.7. The average Bonchev–Trinajstić information content (AvgIpc) is 2.45. The lowest BCUT2D eigenvalue weighted by Crippen LogP contribution is -1.94. The van der Waals surface area contributed by atoms with Gasteiger partial charge in [-0.2, -0.15) is 0 Å². The van der Waals surface area contributed by atoms with Crippen molar-refractivity contribution in [1.82, 2.24) is 9.97 Å². The zero-order chi connectivity index (χ0) is 15.0. The van der Waals surface area contributed by atoms with Gasteiger partial charge in [0, 0.05) is 17.0 Å². The molecule has 5 heteroatoms. The summed E-state index contributed by atoms with van der Waals surface area (Å²) in [5, 5.41) is 1.12. The second-order valence-corrected chi connectivity index (χ2v) is 5.10. The summed E-state index contributed by atoms with van der Waals surface area (Å²) in [7, 11) is 1.48. The highest BCUT2D eigenvalue weighted by molar-refractivity contribution is 6.34. The first-order chi connectivity index (χ1) is 10.1. The SMILES string of the molecule is COc1cc(F)cc(-c2nc(Cl)c3ccc(C)cc3n2)c1. The molecule has 1 aromatic heterocycles. The Hall–Kier alpha value is -2.20. The zero-order valence-corrected chi connectivity index (χ0v) is 12.3.